The lowest BCUT2D eigenvalue weighted by molar-refractivity contribution is -0.161. The van der Waals surface area contributed by atoms with Crippen LogP contribution in [0.1, 0.15) is 383 Å². The second-order valence-corrected chi connectivity index (χ2v) is 31.7. The van der Waals surface area contributed by atoms with Crippen LogP contribution in [-0.2, 0) is 65.4 Å². The van der Waals surface area contributed by atoms with Gasteiger partial charge in [-0.25, -0.2) is 9.13 Å². The Labute approximate surface area is 581 Å². The number of phosphoric acid groups is 2. The Morgan fingerprint density at radius 3 is 0.747 bits per heavy atom. The van der Waals surface area contributed by atoms with E-state index in [1.165, 1.54) is 173 Å². The Bertz CT molecular complexity index is 1870. The minimum atomic E-state index is -4.96. The molecule has 4 unspecified atom stereocenters. The number of hydrogen-bond donors (Lipinski definition) is 3. The molecule has 0 aromatic rings. The molecular weight excluding hydrogens is 1250 g/mol. The maximum Gasteiger partial charge on any atom is 0.472 e. The van der Waals surface area contributed by atoms with Gasteiger partial charge in [0, 0.05) is 25.7 Å². The number of aliphatic hydroxyl groups excluding tert-OH is 1. The van der Waals surface area contributed by atoms with Crippen LogP contribution in [0, 0.1) is 23.7 Å². The van der Waals surface area contributed by atoms with E-state index in [0.717, 1.165) is 126 Å². The van der Waals surface area contributed by atoms with Crippen LogP contribution < -0.4 is 0 Å². The average molecular weight is 1400 g/mol. The normalized spacial score (nSPS) is 14.7. The largest absolute Gasteiger partial charge is 0.472 e. The highest BCUT2D eigenvalue weighted by Gasteiger charge is 2.30. The summed E-state index contributed by atoms with van der Waals surface area (Å²) in [6, 6.07) is 0. The van der Waals surface area contributed by atoms with E-state index in [-0.39, 0.29) is 25.7 Å². The highest BCUT2D eigenvalue weighted by molar-refractivity contribution is 7.47. The fraction of sp³-hybridized carbons (Fsp3) is 0.947. The zero-order valence-electron chi connectivity index (χ0n) is 62.3. The summed E-state index contributed by atoms with van der Waals surface area (Å²) in [5.41, 5.74) is 0. The first-order valence-corrected chi connectivity index (χ1v) is 42.3. The van der Waals surface area contributed by atoms with Crippen LogP contribution in [0.2, 0.25) is 0 Å². The monoisotopic (exact) mass is 1400 g/mol. The molecule has 0 fully saturated rings. The Morgan fingerprint density at radius 2 is 0.505 bits per heavy atom. The van der Waals surface area contributed by atoms with E-state index in [1.807, 2.05) is 0 Å². The smallest absolute Gasteiger partial charge is 0.462 e. The molecule has 0 bridgehead atoms. The number of carbonyl (C=O) groups is 4. The zero-order chi connectivity index (χ0) is 70.3. The summed E-state index contributed by atoms with van der Waals surface area (Å²) < 4.78 is 68.5. The standard InChI is InChI=1S/C76H148O17P2/c1-9-68(7)54-46-38-32-34-40-48-56-73(78)86-62-71(92-75(80)58-50-42-30-26-22-18-13-11-12-16-20-24-28-36-44-52-66(3)4)64-90-94(82,83)88-60-70(77)61-89-95(84,85)91-65-72(63-87-74(79)57-49-41-35-33-39-47-55-69(8)10-2)93-76(81)59-51-43-31-27-23-19-15-14-17-21-25-29-37-45-53-67(5)6/h66-72,77H,9-65H2,1-8H3,(H,82,83)(H,84,85)/t68?,69?,70-,71+,72+/m0/s1. The van der Waals surface area contributed by atoms with E-state index in [2.05, 4.69) is 55.4 Å². The van der Waals surface area contributed by atoms with Crippen molar-refractivity contribution in [2.75, 3.05) is 39.6 Å². The van der Waals surface area contributed by atoms with Crippen LogP contribution >= 0.6 is 15.6 Å². The van der Waals surface area contributed by atoms with Crippen molar-refractivity contribution >= 4 is 39.5 Å². The van der Waals surface area contributed by atoms with Crippen LogP contribution in [0.5, 0.6) is 0 Å². The highest BCUT2D eigenvalue weighted by atomic mass is 31.2. The molecule has 0 radical (unpaired) electrons. The lowest BCUT2D eigenvalue weighted by Gasteiger charge is -2.21. The highest BCUT2D eigenvalue weighted by Crippen LogP contribution is 2.45. The minimum Gasteiger partial charge on any atom is -0.462 e. The number of phosphoric ester groups is 2. The molecule has 3 N–H and O–H groups in total. The number of unbranched alkanes of at least 4 members (excludes halogenated alkanes) is 37. The average Bonchev–Trinajstić information content (AvgIpc) is 3.24. The van der Waals surface area contributed by atoms with Crippen LogP contribution in [0.4, 0.5) is 0 Å². The van der Waals surface area contributed by atoms with Gasteiger partial charge in [0.05, 0.1) is 26.4 Å². The number of carbonyl (C=O) groups excluding carboxylic acids is 4. The topological polar surface area (TPSA) is 237 Å². The van der Waals surface area contributed by atoms with Crippen LogP contribution in [0.3, 0.4) is 0 Å². The lowest BCUT2D eigenvalue weighted by Crippen LogP contribution is -2.30. The molecule has 0 aromatic carbocycles. The molecule has 95 heavy (non-hydrogen) atoms. The summed E-state index contributed by atoms with van der Waals surface area (Å²) in [6.45, 7) is 14.2. The molecule has 0 aliphatic rings. The summed E-state index contributed by atoms with van der Waals surface area (Å²) in [7, 11) is -9.91. The van der Waals surface area contributed by atoms with Gasteiger partial charge in [-0.05, 0) is 49.4 Å². The first kappa shape index (κ1) is 93.1. The number of ether oxygens (including phenoxy) is 4. The van der Waals surface area contributed by atoms with Crippen LogP contribution in [-0.4, -0.2) is 96.7 Å². The van der Waals surface area contributed by atoms with E-state index in [4.69, 9.17) is 37.0 Å². The molecule has 0 heterocycles. The van der Waals surface area contributed by atoms with Gasteiger partial charge in [0.1, 0.15) is 19.3 Å². The molecule has 0 aliphatic carbocycles. The van der Waals surface area contributed by atoms with Gasteiger partial charge in [-0.1, -0.05) is 331 Å². The first-order valence-electron chi connectivity index (χ1n) is 39.3. The van der Waals surface area contributed by atoms with Gasteiger partial charge in [0.25, 0.3) is 0 Å². The van der Waals surface area contributed by atoms with Crippen molar-refractivity contribution in [3.05, 3.63) is 0 Å². The fourth-order valence-electron chi connectivity index (χ4n) is 11.5. The van der Waals surface area contributed by atoms with Gasteiger partial charge in [-0.2, -0.15) is 0 Å². The third-order valence-corrected chi connectivity index (χ3v) is 20.2. The summed E-state index contributed by atoms with van der Waals surface area (Å²) in [4.78, 5) is 72.8. The SMILES string of the molecule is CCC(C)CCCCCCCCC(=O)OC[C@H](COP(=O)(O)OC[C@H](O)COP(=O)(O)OC[C@@H](COC(=O)CCCCCCCCC(C)CC)OC(=O)CCCCCCCCCCCCCCCCC(C)C)OC(=O)CCCCCCCCCCCCCCCCCC(C)C. The minimum absolute atomic E-state index is 0.106. The maximum atomic E-state index is 13.1. The summed E-state index contributed by atoms with van der Waals surface area (Å²) in [5.74, 6) is 0.936. The number of hydrogen-bond acceptors (Lipinski definition) is 15. The lowest BCUT2D eigenvalue weighted by atomic mass is 10.00. The van der Waals surface area contributed by atoms with Crippen molar-refractivity contribution in [2.45, 2.75) is 401 Å². The number of esters is 4. The Balaban J connectivity index is 5.22. The van der Waals surface area contributed by atoms with Gasteiger partial charge in [0.15, 0.2) is 12.2 Å². The molecule has 0 aromatic heterocycles. The van der Waals surface area contributed by atoms with E-state index < -0.39 is 97.5 Å². The summed E-state index contributed by atoms with van der Waals surface area (Å²) in [6.07, 6.45) is 50.0. The fourth-order valence-corrected chi connectivity index (χ4v) is 13.1. The second kappa shape index (κ2) is 65.4. The van der Waals surface area contributed by atoms with E-state index in [0.29, 0.717) is 25.7 Å². The molecular formula is C76H148O17P2. The Morgan fingerprint density at radius 1 is 0.295 bits per heavy atom. The third-order valence-electron chi connectivity index (χ3n) is 18.3. The molecule has 19 heteroatoms. The van der Waals surface area contributed by atoms with Crippen molar-refractivity contribution < 1.29 is 80.2 Å². The zero-order valence-corrected chi connectivity index (χ0v) is 64.1. The van der Waals surface area contributed by atoms with E-state index >= 15 is 0 Å². The predicted molar refractivity (Wildman–Crippen MR) is 386 cm³/mol. The molecule has 564 valence electrons. The quantitative estimate of drug-likeness (QED) is 0.0222. The summed E-state index contributed by atoms with van der Waals surface area (Å²) >= 11 is 0. The molecule has 0 rings (SSSR count). The number of rotatable bonds is 73. The van der Waals surface area contributed by atoms with Crippen molar-refractivity contribution in [3.8, 4) is 0 Å². The van der Waals surface area contributed by atoms with E-state index in [1.54, 1.807) is 0 Å². The van der Waals surface area contributed by atoms with Gasteiger partial charge in [-0.15, -0.1) is 0 Å². The van der Waals surface area contributed by atoms with Gasteiger partial charge in [0.2, 0.25) is 0 Å². The van der Waals surface area contributed by atoms with Gasteiger partial charge < -0.3 is 33.8 Å². The molecule has 0 saturated carbocycles. The first-order chi connectivity index (χ1) is 45.7. The molecule has 0 saturated heterocycles. The van der Waals surface area contributed by atoms with Crippen molar-refractivity contribution in [3.63, 3.8) is 0 Å². The molecule has 17 nitrogen and oxygen atoms in total. The summed E-state index contributed by atoms with van der Waals surface area (Å²) in [5, 5.41) is 10.6. The second-order valence-electron chi connectivity index (χ2n) is 28.8. The van der Waals surface area contributed by atoms with Crippen molar-refractivity contribution in [2.24, 2.45) is 23.7 Å². The Hall–Kier alpha value is -1.94. The van der Waals surface area contributed by atoms with Gasteiger partial charge >= 0.3 is 39.5 Å². The van der Waals surface area contributed by atoms with Crippen molar-refractivity contribution in [1.29, 1.82) is 0 Å². The third kappa shape index (κ3) is 67.6. The van der Waals surface area contributed by atoms with Crippen molar-refractivity contribution in [1.82, 2.24) is 0 Å². The van der Waals surface area contributed by atoms with E-state index in [9.17, 15) is 43.2 Å². The maximum absolute atomic E-state index is 13.1. The molecule has 7 atom stereocenters. The Kier molecular flexibility index (Phi) is 64.0. The molecule has 0 aliphatic heterocycles. The van der Waals surface area contributed by atoms with Crippen LogP contribution in [0.25, 0.3) is 0 Å². The molecule has 0 spiro atoms. The van der Waals surface area contributed by atoms with Gasteiger partial charge in [-0.3, -0.25) is 37.3 Å². The molecule has 0 amide bonds. The predicted octanol–water partition coefficient (Wildman–Crippen LogP) is 22.0. The van der Waals surface area contributed by atoms with Crippen LogP contribution in [0.15, 0.2) is 0 Å². The number of aliphatic hydroxyl groups is 1.